The maximum atomic E-state index is 13.5. The Labute approximate surface area is 202 Å². The van der Waals surface area contributed by atoms with Gasteiger partial charge in [0.15, 0.2) is 4.80 Å². The maximum Gasteiger partial charge on any atom is 0.338 e. The van der Waals surface area contributed by atoms with E-state index in [-0.39, 0.29) is 12.2 Å². The quantitative estimate of drug-likeness (QED) is 0.355. The van der Waals surface area contributed by atoms with Crippen LogP contribution < -0.4 is 19.6 Å². The van der Waals surface area contributed by atoms with Gasteiger partial charge in [-0.25, -0.2) is 9.79 Å². The number of hydrogen-bond acceptors (Lipinski definition) is 6. The van der Waals surface area contributed by atoms with E-state index < -0.39 is 12.0 Å². The molecule has 4 rings (SSSR count). The molecule has 8 heteroatoms. The molecule has 1 aliphatic heterocycles. The molecule has 1 atom stereocenters. The van der Waals surface area contributed by atoms with Crippen molar-refractivity contribution in [3.8, 4) is 5.75 Å². The molecule has 0 bridgehead atoms. The summed E-state index contributed by atoms with van der Waals surface area (Å²) in [5, 5.41) is 0. The van der Waals surface area contributed by atoms with Crippen LogP contribution in [0.2, 0.25) is 0 Å². The van der Waals surface area contributed by atoms with E-state index in [2.05, 4.69) is 27.6 Å². The van der Waals surface area contributed by atoms with E-state index in [4.69, 9.17) is 9.47 Å². The van der Waals surface area contributed by atoms with E-state index in [1.165, 1.54) is 11.3 Å². The summed E-state index contributed by atoms with van der Waals surface area (Å²) in [5.41, 5.74) is 2.47. The van der Waals surface area contributed by atoms with Crippen LogP contribution in [0.1, 0.15) is 31.0 Å². The summed E-state index contributed by atoms with van der Waals surface area (Å²) in [5.74, 6) is 0.324. The first-order valence-corrected chi connectivity index (χ1v) is 11.9. The lowest BCUT2D eigenvalue weighted by atomic mass is 9.96. The zero-order valence-corrected chi connectivity index (χ0v) is 20.8. The van der Waals surface area contributed by atoms with Crippen LogP contribution in [-0.4, -0.2) is 24.3 Å². The molecular formula is C24H21IN2O4S. The largest absolute Gasteiger partial charge is 0.496 e. The van der Waals surface area contributed by atoms with Gasteiger partial charge in [-0.2, -0.15) is 0 Å². The Bertz CT molecular complexity index is 1390. The second-order valence-corrected chi connectivity index (χ2v) is 9.28. The number of thiazole rings is 1. The SMILES string of the molecule is CCOC(=O)C1=C(C)N=c2s/c(=C/c3ccc(OC)c(I)c3)c(=O)n2[C@H]1c1ccccc1. The number of carbonyl (C=O) groups is 1. The normalized spacial score (nSPS) is 15.9. The first-order chi connectivity index (χ1) is 15.4. The summed E-state index contributed by atoms with van der Waals surface area (Å²) in [6, 6.07) is 14.6. The van der Waals surface area contributed by atoms with Gasteiger partial charge in [0.25, 0.3) is 5.56 Å². The summed E-state index contributed by atoms with van der Waals surface area (Å²) < 4.78 is 13.7. The van der Waals surface area contributed by atoms with E-state index in [1.807, 2.05) is 54.6 Å². The van der Waals surface area contributed by atoms with Crippen LogP contribution in [-0.2, 0) is 9.53 Å². The minimum Gasteiger partial charge on any atom is -0.496 e. The first-order valence-electron chi connectivity index (χ1n) is 10.0. The highest BCUT2D eigenvalue weighted by Gasteiger charge is 2.33. The smallest absolute Gasteiger partial charge is 0.338 e. The lowest BCUT2D eigenvalue weighted by molar-refractivity contribution is -0.139. The van der Waals surface area contributed by atoms with Crippen LogP contribution in [0.3, 0.4) is 0 Å². The molecule has 6 nitrogen and oxygen atoms in total. The molecule has 0 saturated heterocycles. The summed E-state index contributed by atoms with van der Waals surface area (Å²) in [4.78, 5) is 31.5. The van der Waals surface area contributed by atoms with E-state index in [0.717, 1.165) is 20.4 Å². The number of ether oxygens (including phenoxy) is 2. The Kier molecular flexibility index (Phi) is 6.61. The maximum absolute atomic E-state index is 13.5. The van der Waals surface area contributed by atoms with Crippen LogP contribution in [0.5, 0.6) is 5.75 Å². The van der Waals surface area contributed by atoms with Crippen molar-refractivity contribution in [2.24, 2.45) is 4.99 Å². The molecule has 0 aliphatic carbocycles. The van der Waals surface area contributed by atoms with Crippen molar-refractivity contribution in [2.75, 3.05) is 13.7 Å². The summed E-state index contributed by atoms with van der Waals surface area (Å²) in [7, 11) is 1.63. The van der Waals surface area contributed by atoms with Gasteiger partial charge in [-0.15, -0.1) is 0 Å². The predicted octanol–water partition coefficient (Wildman–Crippen LogP) is 3.41. The molecule has 0 spiro atoms. The molecule has 0 amide bonds. The fourth-order valence-electron chi connectivity index (χ4n) is 3.67. The number of aromatic nitrogens is 1. The van der Waals surface area contributed by atoms with Crippen molar-refractivity contribution in [1.29, 1.82) is 0 Å². The molecule has 2 aromatic carbocycles. The molecular weight excluding hydrogens is 539 g/mol. The number of esters is 1. The molecule has 0 fully saturated rings. The molecule has 1 aromatic heterocycles. The number of rotatable bonds is 5. The molecule has 0 radical (unpaired) electrons. The van der Waals surface area contributed by atoms with Gasteiger partial charge in [0.05, 0.1) is 39.1 Å². The number of benzene rings is 2. The Morgan fingerprint density at radius 3 is 2.66 bits per heavy atom. The van der Waals surface area contributed by atoms with Crippen LogP contribution in [0.4, 0.5) is 0 Å². The van der Waals surface area contributed by atoms with Gasteiger partial charge in [-0.05, 0) is 65.8 Å². The Morgan fingerprint density at radius 1 is 1.25 bits per heavy atom. The fraction of sp³-hybridized carbons (Fsp3) is 0.208. The van der Waals surface area contributed by atoms with E-state index in [9.17, 15) is 9.59 Å². The highest BCUT2D eigenvalue weighted by molar-refractivity contribution is 14.1. The average molecular weight is 560 g/mol. The zero-order chi connectivity index (χ0) is 22.8. The first kappa shape index (κ1) is 22.5. The molecule has 0 saturated carbocycles. The molecule has 3 aromatic rings. The molecule has 164 valence electrons. The number of hydrogen-bond donors (Lipinski definition) is 0. The minimum absolute atomic E-state index is 0.192. The van der Waals surface area contributed by atoms with Crippen LogP contribution in [0.25, 0.3) is 6.08 Å². The minimum atomic E-state index is -0.593. The third kappa shape index (κ3) is 4.16. The highest BCUT2D eigenvalue weighted by atomic mass is 127. The average Bonchev–Trinajstić information content (AvgIpc) is 3.08. The Morgan fingerprint density at radius 2 is 2.00 bits per heavy atom. The van der Waals surface area contributed by atoms with Crippen molar-refractivity contribution in [3.05, 3.63) is 94.2 Å². The molecule has 0 N–H and O–H groups in total. The molecule has 2 heterocycles. The van der Waals surface area contributed by atoms with Crippen molar-refractivity contribution in [2.45, 2.75) is 19.9 Å². The summed E-state index contributed by atoms with van der Waals surface area (Å²) in [6.07, 6.45) is 1.84. The Balaban J connectivity index is 1.92. The van der Waals surface area contributed by atoms with Gasteiger partial charge < -0.3 is 9.47 Å². The number of methoxy groups -OCH3 is 1. The summed E-state index contributed by atoms with van der Waals surface area (Å²) >= 11 is 3.51. The lowest BCUT2D eigenvalue weighted by Gasteiger charge is -2.24. The predicted molar refractivity (Wildman–Crippen MR) is 133 cm³/mol. The van der Waals surface area contributed by atoms with Crippen LogP contribution in [0.15, 0.2) is 69.6 Å². The van der Waals surface area contributed by atoms with Crippen LogP contribution in [0, 0.1) is 3.57 Å². The zero-order valence-electron chi connectivity index (χ0n) is 17.8. The Hall–Kier alpha value is -2.72. The number of carbonyl (C=O) groups excluding carboxylic acids is 1. The summed E-state index contributed by atoms with van der Waals surface area (Å²) in [6.45, 7) is 3.79. The highest BCUT2D eigenvalue weighted by Crippen LogP contribution is 2.30. The third-order valence-corrected chi connectivity index (χ3v) is 6.93. The van der Waals surface area contributed by atoms with Crippen molar-refractivity contribution in [1.82, 2.24) is 4.57 Å². The van der Waals surface area contributed by atoms with Crippen molar-refractivity contribution < 1.29 is 14.3 Å². The second kappa shape index (κ2) is 9.41. The van der Waals surface area contributed by atoms with Gasteiger partial charge in [0, 0.05) is 0 Å². The topological polar surface area (TPSA) is 69.9 Å². The van der Waals surface area contributed by atoms with Crippen molar-refractivity contribution >= 4 is 46.0 Å². The fourth-order valence-corrected chi connectivity index (χ4v) is 5.47. The monoisotopic (exact) mass is 560 g/mol. The molecule has 1 aliphatic rings. The van der Waals surface area contributed by atoms with Gasteiger partial charge in [-0.1, -0.05) is 47.7 Å². The van der Waals surface area contributed by atoms with Crippen molar-refractivity contribution in [3.63, 3.8) is 0 Å². The van der Waals surface area contributed by atoms with Gasteiger partial charge in [0.1, 0.15) is 5.75 Å². The number of nitrogens with zero attached hydrogens (tertiary/aromatic N) is 2. The van der Waals surface area contributed by atoms with Gasteiger partial charge in [-0.3, -0.25) is 9.36 Å². The third-order valence-electron chi connectivity index (χ3n) is 5.11. The lowest BCUT2D eigenvalue weighted by Crippen LogP contribution is -2.39. The van der Waals surface area contributed by atoms with Crippen LogP contribution >= 0.6 is 33.9 Å². The molecule has 32 heavy (non-hydrogen) atoms. The number of allylic oxidation sites excluding steroid dienone is 1. The number of halogens is 1. The molecule has 0 unspecified atom stereocenters. The van der Waals surface area contributed by atoms with E-state index >= 15 is 0 Å². The van der Waals surface area contributed by atoms with Gasteiger partial charge in [0.2, 0.25) is 0 Å². The van der Waals surface area contributed by atoms with Gasteiger partial charge >= 0.3 is 5.97 Å². The van der Waals surface area contributed by atoms with E-state index in [0.29, 0.717) is 20.6 Å². The standard InChI is InChI=1S/C24H21IN2O4S/c1-4-31-23(29)20-14(2)26-24-27(21(20)16-8-6-5-7-9-16)22(28)19(32-24)13-15-10-11-18(30-3)17(25)12-15/h5-13,21H,4H2,1-3H3/b19-13+/t21-/m0/s1. The van der Waals surface area contributed by atoms with E-state index in [1.54, 1.807) is 25.5 Å². The number of fused-ring (bicyclic) bond motifs is 1. The second-order valence-electron chi connectivity index (χ2n) is 7.11.